The third-order valence-corrected chi connectivity index (χ3v) is 2.75. The fourth-order valence-electron chi connectivity index (χ4n) is 1.01. The molecule has 1 unspecified atom stereocenters. The number of quaternary nitrogens is 1. The van der Waals surface area contributed by atoms with E-state index >= 15 is 0 Å². The zero-order chi connectivity index (χ0) is 12.8. The quantitative estimate of drug-likeness (QED) is 0.241. The lowest BCUT2D eigenvalue weighted by Crippen LogP contribution is -2.40. The number of ether oxygens (including phenoxy) is 1. The molecule has 0 aliphatic rings. The molecule has 0 aliphatic carbocycles. The third-order valence-electron chi connectivity index (χ3n) is 1.72. The molecular formula is C11H22NO3P. The van der Waals surface area contributed by atoms with E-state index in [1.165, 1.54) is 0 Å². The van der Waals surface area contributed by atoms with Gasteiger partial charge in [0.15, 0.2) is 0 Å². The summed E-state index contributed by atoms with van der Waals surface area (Å²) in [5, 5.41) is 9.67. The first-order chi connectivity index (χ1) is 7.22. The standard InChI is InChI=1S/C11H22NO3P/c1-9(2)11(14)15-6-7-16-10(13)8-12(3,4)5/h10,13H,1,6-8H2,2-5H3. The summed E-state index contributed by atoms with van der Waals surface area (Å²) in [7, 11) is 6.98. The lowest BCUT2D eigenvalue weighted by molar-refractivity contribution is -0.871. The highest BCUT2D eigenvalue weighted by molar-refractivity contribution is 7.38. The van der Waals surface area contributed by atoms with E-state index in [0.29, 0.717) is 24.9 Å². The van der Waals surface area contributed by atoms with E-state index in [9.17, 15) is 9.90 Å². The summed E-state index contributed by atoms with van der Waals surface area (Å²) in [5.74, 6) is -0.736. The maximum atomic E-state index is 11.0. The van der Waals surface area contributed by atoms with Crippen LogP contribution in [-0.2, 0) is 9.53 Å². The molecule has 5 heteroatoms. The molecule has 16 heavy (non-hydrogen) atoms. The highest BCUT2D eigenvalue weighted by Crippen LogP contribution is 2.18. The molecule has 0 aromatic rings. The van der Waals surface area contributed by atoms with Gasteiger partial charge in [0, 0.05) is 5.57 Å². The van der Waals surface area contributed by atoms with Gasteiger partial charge in [0.25, 0.3) is 0 Å². The molecule has 0 aliphatic heterocycles. The molecule has 0 fully saturated rings. The smallest absolute Gasteiger partial charge is 0.333 e. The molecule has 0 heterocycles. The molecule has 1 N–H and O–H groups in total. The minimum absolute atomic E-state index is 0.335. The van der Waals surface area contributed by atoms with Gasteiger partial charge in [-0.3, -0.25) is 0 Å². The van der Waals surface area contributed by atoms with Crippen molar-refractivity contribution >= 4 is 14.6 Å². The van der Waals surface area contributed by atoms with Crippen LogP contribution in [0.2, 0.25) is 0 Å². The summed E-state index contributed by atoms with van der Waals surface area (Å²) in [6.45, 7) is 6.13. The molecule has 0 aromatic carbocycles. The summed E-state index contributed by atoms with van der Waals surface area (Å²) in [5.41, 5.74) is 0.406. The molecule has 0 rings (SSSR count). The number of nitrogens with zero attached hydrogens (tertiary/aromatic N) is 1. The van der Waals surface area contributed by atoms with E-state index in [0.717, 1.165) is 13.1 Å². The van der Waals surface area contributed by atoms with Crippen LogP contribution in [0.15, 0.2) is 12.2 Å². The third kappa shape index (κ3) is 8.84. The van der Waals surface area contributed by atoms with Crippen molar-refractivity contribution in [1.29, 1.82) is 0 Å². The second-order valence-electron chi connectivity index (χ2n) is 4.78. The summed E-state index contributed by atoms with van der Waals surface area (Å²) in [6, 6.07) is 0. The lowest BCUT2D eigenvalue weighted by atomic mass is 10.4. The van der Waals surface area contributed by atoms with Crippen molar-refractivity contribution in [3.63, 3.8) is 0 Å². The van der Waals surface area contributed by atoms with E-state index in [1.54, 1.807) is 6.92 Å². The van der Waals surface area contributed by atoms with Gasteiger partial charge in [0.05, 0.1) is 34.3 Å². The summed E-state index contributed by atoms with van der Waals surface area (Å²) in [6.07, 6.45) is 0.653. The number of carbonyl (C=O) groups excluding carboxylic acids is 1. The molecule has 0 bridgehead atoms. The van der Waals surface area contributed by atoms with Crippen LogP contribution in [0.25, 0.3) is 0 Å². The minimum atomic E-state index is -0.372. The van der Waals surface area contributed by atoms with Gasteiger partial charge in [0.2, 0.25) is 0 Å². The highest BCUT2D eigenvalue weighted by atomic mass is 31.1. The first-order valence-electron chi connectivity index (χ1n) is 5.20. The van der Waals surface area contributed by atoms with E-state index in [2.05, 4.69) is 6.58 Å². The van der Waals surface area contributed by atoms with Gasteiger partial charge < -0.3 is 22.9 Å². The van der Waals surface area contributed by atoms with Crippen molar-refractivity contribution in [3.05, 3.63) is 12.2 Å². The van der Waals surface area contributed by atoms with E-state index in [1.807, 2.05) is 21.1 Å². The molecular weight excluding hydrogens is 225 g/mol. The van der Waals surface area contributed by atoms with Crippen LogP contribution in [0.4, 0.5) is 0 Å². The summed E-state index contributed by atoms with van der Waals surface area (Å²) >= 11 is 0. The maximum Gasteiger partial charge on any atom is 0.333 e. The van der Waals surface area contributed by atoms with Crippen LogP contribution in [0.3, 0.4) is 0 Å². The van der Waals surface area contributed by atoms with Crippen LogP contribution in [-0.4, -0.2) is 61.9 Å². The van der Waals surface area contributed by atoms with Crippen LogP contribution in [0.1, 0.15) is 6.92 Å². The van der Waals surface area contributed by atoms with E-state index < -0.39 is 0 Å². The molecule has 0 amide bonds. The predicted octanol–water partition coefficient (Wildman–Crippen LogP) is 1.08. The van der Waals surface area contributed by atoms with Gasteiger partial charge in [-0.25, -0.2) is 4.79 Å². The number of hydrogen-bond donors (Lipinski definition) is 1. The molecule has 0 spiro atoms. The summed E-state index contributed by atoms with van der Waals surface area (Å²) < 4.78 is 5.64. The Hall–Kier alpha value is -0.440. The second kappa shape index (κ2) is 7.00. The Morgan fingerprint density at radius 3 is 2.50 bits per heavy atom. The largest absolute Gasteiger partial charge is 0.498 e. The zero-order valence-electron chi connectivity index (χ0n) is 10.6. The van der Waals surface area contributed by atoms with Gasteiger partial charge in [-0.05, 0) is 12.8 Å². The first-order valence-corrected chi connectivity index (χ1v) is 6.35. The van der Waals surface area contributed by atoms with Crippen molar-refractivity contribution in [3.8, 4) is 0 Å². The van der Waals surface area contributed by atoms with Gasteiger partial charge in [-0.1, -0.05) is 6.58 Å². The normalized spacial score (nSPS) is 14.1. The molecule has 0 radical (unpaired) electrons. The molecule has 4 nitrogen and oxygen atoms in total. The predicted molar refractivity (Wildman–Crippen MR) is 66.5 cm³/mol. The van der Waals surface area contributed by atoms with Gasteiger partial charge >= 0.3 is 5.97 Å². The molecule has 0 saturated heterocycles. The number of rotatable bonds is 7. The first kappa shape index (κ1) is 15.6. The fourth-order valence-corrected chi connectivity index (χ4v) is 2.11. The summed E-state index contributed by atoms with van der Waals surface area (Å²) in [4.78, 5) is 11.0. The van der Waals surface area contributed by atoms with Crippen molar-refractivity contribution in [2.45, 2.75) is 12.8 Å². The topological polar surface area (TPSA) is 46.5 Å². The lowest BCUT2D eigenvalue weighted by Gasteiger charge is -2.33. The number of aliphatic hydroxyl groups excluding tert-OH is 1. The Kier molecular flexibility index (Phi) is 6.81. The second-order valence-corrected chi connectivity index (χ2v) is 6.18. The number of hydrogen-bond acceptors (Lipinski definition) is 3. The molecule has 1 atom stereocenters. The van der Waals surface area contributed by atoms with Crippen molar-refractivity contribution in [1.82, 2.24) is 0 Å². The average molecular weight is 247 g/mol. The van der Waals surface area contributed by atoms with Gasteiger partial charge in [0.1, 0.15) is 0 Å². The zero-order valence-corrected chi connectivity index (χ0v) is 11.5. The van der Waals surface area contributed by atoms with Crippen molar-refractivity contribution in [2.24, 2.45) is 0 Å². The number of carbonyl (C=O) groups is 1. The Morgan fingerprint density at radius 1 is 1.50 bits per heavy atom. The van der Waals surface area contributed by atoms with Crippen LogP contribution in [0.5, 0.6) is 0 Å². The van der Waals surface area contributed by atoms with E-state index in [4.69, 9.17) is 4.74 Å². The Balaban J connectivity index is 3.60. The van der Waals surface area contributed by atoms with Gasteiger partial charge in [-0.15, -0.1) is 6.16 Å². The Labute approximate surface area is 99.7 Å². The number of aliphatic hydroxyl groups is 1. The van der Waals surface area contributed by atoms with Gasteiger partial charge in [-0.2, -0.15) is 0 Å². The minimum Gasteiger partial charge on any atom is -0.498 e. The molecule has 94 valence electrons. The fraction of sp³-hybridized carbons (Fsp3) is 0.727. The SMILES string of the molecule is C=C(C)C(=O)OCC[P-]C(O)C[N+](C)(C)C. The molecule has 0 saturated carbocycles. The van der Waals surface area contributed by atoms with Crippen LogP contribution in [0, 0.1) is 0 Å². The monoisotopic (exact) mass is 247 g/mol. The van der Waals surface area contributed by atoms with Crippen LogP contribution >= 0.6 is 8.58 Å². The Morgan fingerprint density at radius 2 is 2.06 bits per heavy atom. The van der Waals surface area contributed by atoms with Crippen molar-refractivity contribution in [2.75, 3.05) is 40.5 Å². The van der Waals surface area contributed by atoms with Crippen LogP contribution < -0.4 is 0 Å². The Bertz CT molecular complexity index is 248. The maximum absolute atomic E-state index is 11.0. The average Bonchev–Trinajstić information content (AvgIpc) is 2.08. The van der Waals surface area contributed by atoms with E-state index in [-0.39, 0.29) is 11.8 Å². The van der Waals surface area contributed by atoms with Crippen molar-refractivity contribution < 1.29 is 19.1 Å². The molecule has 0 aromatic heterocycles. The number of likely N-dealkylation sites (N-methyl/N-ethyl adjacent to an activating group) is 1. The number of esters is 1. The highest BCUT2D eigenvalue weighted by Gasteiger charge is 2.07.